The SMILES string of the molecule is CC1(C)CC(NS(=O)(=O)c2ccccc2)c2cc(N)ccc2O1. The van der Waals surface area contributed by atoms with Gasteiger partial charge in [0.15, 0.2) is 0 Å². The molecule has 1 atom stereocenters. The summed E-state index contributed by atoms with van der Waals surface area (Å²) in [7, 11) is -3.61. The maximum Gasteiger partial charge on any atom is 0.241 e. The van der Waals surface area contributed by atoms with Crippen LogP contribution < -0.4 is 15.2 Å². The third-order valence-electron chi connectivity index (χ3n) is 3.84. The number of benzene rings is 2. The van der Waals surface area contributed by atoms with Gasteiger partial charge in [-0.1, -0.05) is 18.2 Å². The van der Waals surface area contributed by atoms with Crippen molar-refractivity contribution < 1.29 is 13.2 Å². The number of anilines is 1. The Morgan fingerprint density at radius 2 is 1.87 bits per heavy atom. The van der Waals surface area contributed by atoms with Crippen molar-refractivity contribution in [2.24, 2.45) is 0 Å². The predicted octanol–water partition coefficient (Wildman–Crippen LogP) is 2.85. The third kappa shape index (κ3) is 3.33. The van der Waals surface area contributed by atoms with Crippen LogP contribution in [0, 0.1) is 0 Å². The maximum atomic E-state index is 12.6. The number of nitrogens with one attached hydrogen (secondary N) is 1. The Hall–Kier alpha value is -2.05. The highest BCUT2D eigenvalue weighted by Gasteiger charge is 2.36. The third-order valence-corrected chi connectivity index (χ3v) is 5.33. The first kappa shape index (κ1) is 15.8. The molecule has 23 heavy (non-hydrogen) atoms. The molecule has 1 aliphatic heterocycles. The Balaban J connectivity index is 1.98. The van der Waals surface area contributed by atoms with E-state index in [2.05, 4.69) is 4.72 Å². The van der Waals surface area contributed by atoms with Crippen LogP contribution in [-0.4, -0.2) is 14.0 Å². The summed E-state index contributed by atoms with van der Waals surface area (Å²) in [5.41, 5.74) is 6.74. The average Bonchev–Trinajstić information content (AvgIpc) is 2.48. The Morgan fingerprint density at radius 3 is 2.57 bits per heavy atom. The summed E-state index contributed by atoms with van der Waals surface area (Å²) in [5, 5.41) is 0. The van der Waals surface area contributed by atoms with Gasteiger partial charge in [0.2, 0.25) is 10.0 Å². The van der Waals surface area contributed by atoms with E-state index in [4.69, 9.17) is 10.5 Å². The molecule has 1 aliphatic rings. The van der Waals surface area contributed by atoms with E-state index in [-0.39, 0.29) is 10.9 Å². The van der Waals surface area contributed by atoms with Crippen LogP contribution in [0.25, 0.3) is 0 Å². The fourth-order valence-electron chi connectivity index (χ4n) is 2.83. The van der Waals surface area contributed by atoms with Crippen molar-refractivity contribution in [2.45, 2.75) is 36.8 Å². The number of nitrogens with two attached hydrogens (primary N) is 1. The zero-order valence-corrected chi connectivity index (χ0v) is 13.9. The molecule has 0 aromatic heterocycles. The van der Waals surface area contributed by atoms with E-state index in [9.17, 15) is 8.42 Å². The summed E-state index contributed by atoms with van der Waals surface area (Å²) in [6, 6.07) is 13.3. The van der Waals surface area contributed by atoms with Crippen molar-refractivity contribution in [1.82, 2.24) is 4.72 Å². The second kappa shape index (κ2) is 5.54. The van der Waals surface area contributed by atoms with Crippen LogP contribution in [0.5, 0.6) is 5.75 Å². The average molecular weight is 332 g/mol. The van der Waals surface area contributed by atoms with Crippen LogP contribution >= 0.6 is 0 Å². The van der Waals surface area contributed by atoms with Gasteiger partial charge in [-0.25, -0.2) is 13.1 Å². The molecule has 1 heterocycles. The maximum absolute atomic E-state index is 12.6. The van der Waals surface area contributed by atoms with Gasteiger partial charge in [-0.15, -0.1) is 0 Å². The van der Waals surface area contributed by atoms with Crippen LogP contribution in [0.3, 0.4) is 0 Å². The van der Waals surface area contributed by atoms with Crippen LogP contribution in [-0.2, 0) is 10.0 Å². The van der Waals surface area contributed by atoms with Gasteiger partial charge in [0.05, 0.1) is 10.9 Å². The van der Waals surface area contributed by atoms with E-state index < -0.39 is 15.6 Å². The smallest absolute Gasteiger partial charge is 0.241 e. The fraction of sp³-hybridized carbons (Fsp3) is 0.294. The van der Waals surface area contributed by atoms with Gasteiger partial charge < -0.3 is 10.5 Å². The van der Waals surface area contributed by atoms with Crippen LogP contribution in [0.1, 0.15) is 31.9 Å². The number of ether oxygens (including phenoxy) is 1. The van der Waals surface area contributed by atoms with E-state index in [1.807, 2.05) is 13.8 Å². The lowest BCUT2D eigenvalue weighted by molar-refractivity contribution is 0.0702. The predicted molar refractivity (Wildman–Crippen MR) is 89.7 cm³/mol. The van der Waals surface area contributed by atoms with Crippen LogP contribution in [0.2, 0.25) is 0 Å². The lowest BCUT2D eigenvalue weighted by Gasteiger charge is -2.37. The van der Waals surface area contributed by atoms with Crippen molar-refractivity contribution in [2.75, 3.05) is 5.73 Å². The minimum absolute atomic E-state index is 0.245. The molecule has 0 radical (unpaired) electrons. The van der Waals surface area contributed by atoms with E-state index in [0.29, 0.717) is 17.9 Å². The molecule has 2 aromatic carbocycles. The molecule has 3 rings (SSSR count). The van der Waals surface area contributed by atoms with E-state index in [1.54, 1.807) is 48.5 Å². The molecule has 0 spiro atoms. The molecule has 0 aliphatic carbocycles. The lowest BCUT2D eigenvalue weighted by Crippen LogP contribution is -2.41. The van der Waals surface area contributed by atoms with Gasteiger partial charge in [0.1, 0.15) is 11.4 Å². The second-order valence-electron chi connectivity index (χ2n) is 6.35. The highest BCUT2D eigenvalue weighted by atomic mass is 32.2. The summed E-state index contributed by atoms with van der Waals surface area (Å²) < 4.78 is 34.0. The Bertz CT molecular complexity index is 817. The summed E-state index contributed by atoms with van der Waals surface area (Å²) in [5.74, 6) is 0.663. The van der Waals surface area contributed by atoms with E-state index in [0.717, 1.165) is 5.56 Å². The summed E-state index contributed by atoms with van der Waals surface area (Å²) in [6.45, 7) is 3.88. The monoisotopic (exact) mass is 332 g/mol. The Morgan fingerprint density at radius 1 is 1.17 bits per heavy atom. The molecular formula is C17H20N2O3S. The zero-order valence-electron chi connectivity index (χ0n) is 13.1. The largest absolute Gasteiger partial charge is 0.487 e. The Labute approximate surface area is 136 Å². The van der Waals surface area contributed by atoms with Gasteiger partial charge in [0, 0.05) is 17.7 Å². The van der Waals surface area contributed by atoms with Crippen molar-refractivity contribution in [3.05, 3.63) is 54.1 Å². The van der Waals surface area contributed by atoms with Gasteiger partial charge >= 0.3 is 0 Å². The highest BCUT2D eigenvalue weighted by Crippen LogP contribution is 2.40. The van der Waals surface area contributed by atoms with Crippen molar-refractivity contribution in [1.29, 1.82) is 0 Å². The molecule has 0 fully saturated rings. The van der Waals surface area contributed by atoms with Crippen LogP contribution in [0.4, 0.5) is 5.69 Å². The van der Waals surface area contributed by atoms with Crippen molar-refractivity contribution in [3.63, 3.8) is 0 Å². The summed E-state index contributed by atoms with van der Waals surface area (Å²) >= 11 is 0. The lowest BCUT2D eigenvalue weighted by atomic mass is 9.90. The number of rotatable bonds is 3. The van der Waals surface area contributed by atoms with Gasteiger partial charge in [-0.3, -0.25) is 0 Å². The molecule has 0 amide bonds. The molecule has 5 nitrogen and oxygen atoms in total. The second-order valence-corrected chi connectivity index (χ2v) is 8.06. The first-order valence-corrected chi connectivity index (χ1v) is 8.91. The highest BCUT2D eigenvalue weighted by molar-refractivity contribution is 7.89. The standard InChI is InChI=1S/C17H20N2O3S/c1-17(2)11-15(14-10-12(18)8-9-16(14)22-17)19-23(20,21)13-6-4-3-5-7-13/h3-10,15,19H,11,18H2,1-2H3. The van der Waals surface area contributed by atoms with Crippen molar-refractivity contribution >= 4 is 15.7 Å². The quantitative estimate of drug-likeness (QED) is 0.847. The first-order valence-electron chi connectivity index (χ1n) is 7.43. The van der Waals surface area contributed by atoms with Crippen molar-refractivity contribution in [3.8, 4) is 5.75 Å². The van der Waals surface area contributed by atoms with Gasteiger partial charge in [-0.2, -0.15) is 0 Å². The van der Waals surface area contributed by atoms with Gasteiger partial charge in [0.25, 0.3) is 0 Å². The fourth-order valence-corrected chi connectivity index (χ4v) is 4.07. The molecule has 3 N–H and O–H groups in total. The van der Waals surface area contributed by atoms with Gasteiger partial charge in [-0.05, 0) is 44.2 Å². The molecule has 6 heteroatoms. The molecule has 1 unspecified atom stereocenters. The number of sulfonamides is 1. The Kier molecular flexibility index (Phi) is 3.82. The molecule has 122 valence electrons. The number of nitrogen functional groups attached to an aromatic ring is 1. The zero-order chi connectivity index (χ0) is 16.7. The normalized spacial score (nSPS) is 19.7. The minimum Gasteiger partial charge on any atom is -0.487 e. The number of hydrogen-bond acceptors (Lipinski definition) is 4. The molecule has 0 saturated carbocycles. The number of hydrogen-bond donors (Lipinski definition) is 2. The topological polar surface area (TPSA) is 81.4 Å². The first-order chi connectivity index (χ1) is 10.8. The molecule has 2 aromatic rings. The summed E-state index contributed by atoms with van der Waals surface area (Å²) in [6.07, 6.45) is 0.523. The van der Waals surface area contributed by atoms with E-state index >= 15 is 0 Å². The molecule has 0 bridgehead atoms. The molecular weight excluding hydrogens is 312 g/mol. The van der Waals surface area contributed by atoms with E-state index in [1.165, 1.54) is 0 Å². The minimum atomic E-state index is -3.61. The number of fused-ring (bicyclic) bond motifs is 1. The van der Waals surface area contributed by atoms with Crippen LogP contribution in [0.15, 0.2) is 53.4 Å². The molecule has 0 saturated heterocycles. The summed E-state index contributed by atoms with van der Waals surface area (Å²) in [4.78, 5) is 0.245.